The Balaban J connectivity index is 1.77. The van der Waals surface area contributed by atoms with Crippen LogP contribution < -0.4 is 4.90 Å². The third-order valence-corrected chi connectivity index (χ3v) is 4.08. The fraction of sp³-hybridized carbons (Fsp3) is 0.200. The fourth-order valence-electron chi connectivity index (χ4n) is 2.74. The van der Waals surface area contributed by atoms with Crippen molar-refractivity contribution in [1.82, 2.24) is 10.2 Å². The molecule has 0 aliphatic heterocycles. The van der Waals surface area contributed by atoms with E-state index in [9.17, 15) is 9.59 Å². The Morgan fingerprint density at radius 3 is 2.63 bits per heavy atom. The normalized spacial score (nSPS) is 11.6. The molecule has 7 heteroatoms. The topological polar surface area (TPSA) is 99.1 Å². The highest BCUT2D eigenvalue weighted by Crippen LogP contribution is 2.19. The minimum absolute atomic E-state index is 0.133. The van der Waals surface area contributed by atoms with E-state index in [4.69, 9.17) is 10.00 Å². The minimum atomic E-state index is -1.02. The molecule has 0 aliphatic carbocycles. The van der Waals surface area contributed by atoms with Crippen molar-refractivity contribution in [2.75, 3.05) is 11.4 Å². The highest BCUT2D eigenvalue weighted by molar-refractivity contribution is 6.04. The summed E-state index contributed by atoms with van der Waals surface area (Å²) >= 11 is 0. The quantitative estimate of drug-likeness (QED) is 0.680. The van der Waals surface area contributed by atoms with Gasteiger partial charge in [0.2, 0.25) is 0 Å². The number of ether oxygens (including phenoxy) is 1. The number of nitriles is 1. The van der Waals surface area contributed by atoms with Crippen LogP contribution in [-0.2, 0) is 9.53 Å². The lowest BCUT2D eigenvalue weighted by molar-refractivity contribution is -0.126. The second kappa shape index (κ2) is 8.15. The third-order valence-electron chi connectivity index (χ3n) is 4.08. The van der Waals surface area contributed by atoms with Crippen LogP contribution in [0.4, 0.5) is 5.69 Å². The predicted molar refractivity (Wildman–Crippen MR) is 100.0 cm³/mol. The molecule has 136 valence electrons. The lowest BCUT2D eigenvalue weighted by atomic mass is 10.2. The Morgan fingerprint density at radius 1 is 1.19 bits per heavy atom. The van der Waals surface area contributed by atoms with Crippen molar-refractivity contribution in [2.45, 2.75) is 19.4 Å². The Labute approximate surface area is 156 Å². The zero-order chi connectivity index (χ0) is 19.2. The van der Waals surface area contributed by atoms with E-state index < -0.39 is 18.0 Å². The molecule has 0 bridgehead atoms. The van der Waals surface area contributed by atoms with Gasteiger partial charge in [-0.15, -0.1) is 0 Å². The summed E-state index contributed by atoms with van der Waals surface area (Å²) in [5, 5.41) is 16.3. The number of amides is 1. The molecule has 0 unspecified atom stereocenters. The van der Waals surface area contributed by atoms with E-state index in [1.165, 1.54) is 11.8 Å². The molecule has 27 heavy (non-hydrogen) atoms. The number of aromatic amines is 1. The van der Waals surface area contributed by atoms with Crippen LogP contribution in [0.15, 0.2) is 54.6 Å². The monoisotopic (exact) mass is 362 g/mol. The number of rotatable bonds is 6. The number of benzene rings is 2. The number of carbonyl (C=O) groups is 2. The molecule has 1 aromatic heterocycles. The summed E-state index contributed by atoms with van der Waals surface area (Å²) in [5.41, 5.74) is 1.49. The molecule has 7 nitrogen and oxygen atoms in total. The number of fused-ring (bicyclic) bond motifs is 1. The predicted octanol–water partition coefficient (Wildman–Crippen LogP) is 3.06. The summed E-state index contributed by atoms with van der Waals surface area (Å²) in [5.74, 6) is -1.08. The first-order valence-electron chi connectivity index (χ1n) is 8.49. The highest BCUT2D eigenvalue weighted by atomic mass is 16.5. The second-order valence-corrected chi connectivity index (χ2v) is 5.90. The summed E-state index contributed by atoms with van der Waals surface area (Å²) < 4.78 is 5.35. The number of para-hydroxylation sites is 2. The van der Waals surface area contributed by atoms with Gasteiger partial charge in [-0.2, -0.15) is 10.4 Å². The van der Waals surface area contributed by atoms with E-state index in [1.54, 1.807) is 42.5 Å². The number of hydrogen-bond acceptors (Lipinski definition) is 5. The van der Waals surface area contributed by atoms with E-state index >= 15 is 0 Å². The number of anilines is 1. The van der Waals surface area contributed by atoms with Crippen LogP contribution in [0.3, 0.4) is 0 Å². The smallest absolute Gasteiger partial charge is 0.360 e. The van der Waals surface area contributed by atoms with Crippen molar-refractivity contribution >= 4 is 28.5 Å². The van der Waals surface area contributed by atoms with Crippen LogP contribution in [0, 0.1) is 11.3 Å². The highest BCUT2D eigenvalue weighted by Gasteiger charge is 2.27. The Morgan fingerprint density at radius 2 is 1.89 bits per heavy atom. The average molecular weight is 362 g/mol. The summed E-state index contributed by atoms with van der Waals surface area (Å²) in [6.45, 7) is 1.73. The molecule has 3 aromatic rings. The molecule has 1 N–H and O–H groups in total. The maximum atomic E-state index is 12.8. The van der Waals surface area contributed by atoms with Crippen molar-refractivity contribution < 1.29 is 14.3 Å². The summed E-state index contributed by atoms with van der Waals surface area (Å²) in [4.78, 5) is 26.8. The first kappa shape index (κ1) is 18.1. The van der Waals surface area contributed by atoms with Gasteiger partial charge in [0.05, 0.1) is 18.0 Å². The lowest BCUT2D eigenvalue weighted by Crippen LogP contribution is -2.40. The maximum absolute atomic E-state index is 12.8. The molecular formula is C20H18N4O3. The van der Waals surface area contributed by atoms with Gasteiger partial charge in [0.25, 0.3) is 5.91 Å². The summed E-state index contributed by atoms with van der Waals surface area (Å²) in [7, 11) is 0. The number of nitrogens with zero attached hydrogens (tertiary/aromatic N) is 3. The number of nitrogens with one attached hydrogen (secondary N) is 1. The number of hydrogen-bond donors (Lipinski definition) is 1. The number of carbonyl (C=O) groups excluding carboxylic acids is 2. The van der Waals surface area contributed by atoms with Crippen LogP contribution >= 0.6 is 0 Å². The molecule has 0 fully saturated rings. The van der Waals surface area contributed by atoms with Crippen molar-refractivity contribution in [3.05, 3.63) is 60.3 Å². The van der Waals surface area contributed by atoms with E-state index in [-0.39, 0.29) is 18.7 Å². The van der Waals surface area contributed by atoms with Gasteiger partial charge in [0.1, 0.15) is 0 Å². The van der Waals surface area contributed by atoms with E-state index in [0.29, 0.717) is 16.6 Å². The molecule has 0 saturated carbocycles. The Kier molecular flexibility index (Phi) is 5.47. The molecule has 1 amide bonds. The molecule has 1 heterocycles. The van der Waals surface area contributed by atoms with Crippen LogP contribution in [0.25, 0.3) is 10.9 Å². The van der Waals surface area contributed by atoms with Gasteiger partial charge in [0.15, 0.2) is 11.8 Å². The SMILES string of the molecule is C[C@@H](OC(=O)c1n[nH]c2ccccc12)C(=O)N(CCC#N)c1ccccc1. The van der Waals surface area contributed by atoms with Crippen LogP contribution in [0.2, 0.25) is 0 Å². The molecule has 0 saturated heterocycles. The van der Waals surface area contributed by atoms with Crippen molar-refractivity contribution in [1.29, 1.82) is 5.26 Å². The number of aromatic nitrogens is 2. The van der Waals surface area contributed by atoms with Gasteiger partial charge in [-0.3, -0.25) is 9.89 Å². The molecule has 1 atom stereocenters. The molecule has 3 rings (SSSR count). The maximum Gasteiger partial charge on any atom is 0.360 e. The van der Waals surface area contributed by atoms with Gasteiger partial charge in [-0.1, -0.05) is 36.4 Å². The van der Waals surface area contributed by atoms with Crippen LogP contribution in [-0.4, -0.2) is 34.7 Å². The van der Waals surface area contributed by atoms with Crippen LogP contribution in [0.1, 0.15) is 23.8 Å². The van der Waals surface area contributed by atoms with Crippen molar-refractivity contribution in [3.8, 4) is 6.07 Å². The van der Waals surface area contributed by atoms with Crippen molar-refractivity contribution in [3.63, 3.8) is 0 Å². The molecule has 2 aromatic carbocycles. The van der Waals surface area contributed by atoms with Gasteiger partial charge < -0.3 is 9.64 Å². The van der Waals surface area contributed by atoms with Gasteiger partial charge >= 0.3 is 5.97 Å². The zero-order valence-electron chi connectivity index (χ0n) is 14.8. The zero-order valence-corrected chi connectivity index (χ0v) is 14.8. The average Bonchev–Trinajstić information content (AvgIpc) is 3.13. The Bertz CT molecular complexity index is 991. The summed E-state index contributed by atoms with van der Waals surface area (Å²) in [6, 6.07) is 18.2. The molecule has 0 radical (unpaired) electrons. The standard InChI is InChI=1S/C20H18N4O3/c1-14(19(25)24(13-7-12-21)15-8-3-2-4-9-15)27-20(26)18-16-10-5-6-11-17(16)22-23-18/h2-6,8-11,14H,7,13H2,1H3,(H,22,23)/t14-/m1/s1. The van der Waals surface area contributed by atoms with E-state index in [0.717, 1.165) is 0 Å². The van der Waals surface area contributed by atoms with Crippen molar-refractivity contribution in [2.24, 2.45) is 0 Å². The lowest BCUT2D eigenvalue weighted by Gasteiger charge is -2.24. The molecule has 0 spiro atoms. The van der Waals surface area contributed by atoms with Gasteiger partial charge in [-0.05, 0) is 25.1 Å². The van der Waals surface area contributed by atoms with E-state index in [1.807, 2.05) is 18.2 Å². The second-order valence-electron chi connectivity index (χ2n) is 5.90. The first-order valence-corrected chi connectivity index (χ1v) is 8.49. The third kappa shape index (κ3) is 3.96. The van der Waals surface area contributed by atoms with Gasteiger partial charge in [-0.25, -0.2) is 4.79 Å². The fourth-order valence-corrected chi connectivity index (χ4v) is 2.74. The largest absolute Gasteiger partial charge is 0.448 e. The minimum Gasteiger partial charge on any atom is -0.448 e. The number of H-pyrrole nitrogens is 1. The molecular weight excluding hydrogens is 344 g/mol. The number of esters is 1. The van der Waals surface area contributed by atoms with Crippen LogP contribution in [0.5, 0.6) is 0 Å². The van der Waals surface area contributed by atoms with E-state index in [2.05, 4.69) is 10.2 Å². The summed E-state index contributed by atoms with van der Waals surface area (Å²) in [6.07, 6.45) is -0.849. The van der Waals surface area contributed by atoms with Gasteiger partial charge in [0, 0.05) is 17.6 Å². The molecule has 0 aliphatic rings. The first-order chi connectivity index (χ1) is 13.1. The Hall–Kier alpha value is -3.66.